The van der Waals surface area contributed by atoms with Gasteiger partial charge < -0.3 is 10.4 Å². The summed E-state index contributed by atoms with van der Waals surface area (Å²) in [6, 6.07) is 7.87. The molecule has 0 spiro atoms. The van der Waals surface area contributed by atoms with Crippen LogP contribution in [-0.4, -0.2) is 24.2 Å². The van der Waals surface area contributed by atoms with Crippen LogP contribution in [0.5, 0.6) is 0 Å². The summed E-state index contributed by atoms with van der Waals surface area (Å²) in [6.07, 6.45) is 0. The Kier molecular flexibility index (Phi) is 4.18. The number of nitrogens with one attached hydrogen (secondary N) is 1. The molecule has 1 aromatic carbocycles. The molecular weight excluding hydrogens is 268 g/mol. The molecule has 5 heteroatoms. The van der Waals surface area contributed by atoms with Crippen LogP contribution < -0.4 is 5.32 Å². The average Bonchev–Trinajstić information content (AvgIpc) is 2.74. The van der Waals surface area contributed by atoms with Gasteiger partial charge in [0.05, 0.1) is 6.54 Å². The maximum atomic E-state index is 13.0. The molecule has 1 atom stereocenters. The van der Waals surface area contributed by atoms with E-state index in [2.05, 4.69) is 5.32 Å². The van der Waals surface area contributed by atoms with Gasteiger partial charge in [0, 0.05) is 15.6 Å². The second kappa shape index (κ2) is 5.53. The molecule has 0 saturated carbocycles. The molecule has 0 amide bonds. The summed E-state index contributed by atoms with van der Waals surface area (Å²) in [6.45, 7) is 2.23. The lowest BCUT2D eigenvalue weighted by molar-refractivity contribution is -0.0490. The number of halogens is 2. The van der Waals surface area contributed by atoms with Crippen LogP contribution in [0.2, 0.25) is 0 Å². The zero-order valence-corrected chi connectivity index (χ0v) is 11.7. The lowest BCUT2D eigenvalue weighted by Crippen LogP contribution is -2.36. The van der Waals surface area contributed by atoms with Crippen LogP contribution in [0.3, 0.4) is 0 Å². The molecule has 1 heterocycles. The van der Waals surface area contributed by atoms with Crippen molar-refractivity contribution in [3.63, 3.8) is 0 Å². The van der Waals surface area contributed by atoms with E-state index in [4.69, 9.17) is 5.11 Å². The monoisotopic (exact) mass is 285 g/mol. The van der Waals surface area contributed by atoms with Crippen LogP contribution in [0.25, 0.3) is 10.1 Å². The lowest BCUT2D eigenvalue weighted by atomic mass is 10.1. The van der Waals surface area contributed by atoms with Crippen molar-refractivity contribution in [3.05, 3.63) is 34.7 Å². The predicted octanol–water partition coefficient (Wildman–Crippen LogP) is 3.49. The van der Waals surface area contributed by atoms with Gasteiger partial charge in [0.15, 0.2) is 0 Å². The van der Waals surface area contributed by atoms with Gasteiger partial charge in [-0.2, -0.15) is 0 Å². The van der Waals surface area contributed by atoms with Crippen molar-refractivity contribution in [3.8, 4) is 0 Å². The van der Waals surface area contributed by atoms with E-state index < -0.39 is 19.1 Å². The van der Waals surface area contributed by atoms with Crippen molar-refractivity contribution in [1.82, 2.24) is 5.32 Å². The maximum absolute atomic E-state index is 13.0. The number of benzene rings is 1. The number of aryl methyl sites for hydroxylation is 1. The number of rotatable bonds is 5. The third-order valence-electron chi connectivity index (χ3n) is 3.17. The molecule has 2 rings (SSSR count). The number of hydrogen-bond acceptors (Lipinski definition) is 3. The average molecular weight is 285 g/mol. The minimum Gasteiger partial charge on any atom is -0.390 e. The van der Waals surface area contributed by atoms with Crippen LogP contribution in [0.1, 0.15) is 23.4 Å². The fourth-order valence-corrected chi connectivity index (χ4v) is 3.30. The van der Waals surface area contributed by atoms with Crippen LogP contribution in [-0.2, 0) is 0 Å². The number of fused-ring (bicyclic) bond motifs is 1. The molecule has 1 unspecified atom stereocenters. The summed E-state index contributed by atoms with van der Waals surface area (Å²) in [4.78, 5) is 1.06. The first-order chi connectivity index (χ1) is 8.94. The molecule has 0 saturated heterocycles. The fourth-order valence-electron chi connectivity index (χ4n) is 2.06. The molecule has 0 fully saturated rings. The quantitative estimate of drug-likeness (QED) is 0.881. The minimum atomic E-state index is -3.07. The Morgan fingerprint density at radius 3 is 2.68 bits per heavy atom. The van der Waals surface area contributed by atoms with Gasteiger partial charge in [-0.3, -0.25) is 0 Å². The number of aliphatic hydroxyl groups is 1. The van der Waals surface area contributed by atoms with E-state index >= 15 is 0 Å². The molecule has 0 bridgehead atoms. The summed E-state index contributed by atoms with van der Waals surface area (Å²) in [7, 11) is 0. The summed E-state index contributed by atoms with van der Waals surface area (Å²) in [5.74, 6) is -3.07. The highest BCUT2D eigenvalue weighted by Crippen LogP contribution is 2.34. The van der Waals surface area contributed by atoms with E-state index in [1.807, 2.05) is 38.1 Å². The second-order valence-electron chi connectivity index (χ2n) is 4.70. The Bertz CT molecular complexity index is 568. The van der Waals surface area contributed by atoms with E-state index in [0.717, 1.165) is 15.1 Å². The normalized spacial score (nSPS) is 13.9. The highest BCUT2D eigenvalue weighted by Gasteiger charge is 2.28. The van der Waals surface area contributed by atoms with Gasteiger partial charge in [-0.15, -0.1) is 11.3 Å². The third-order valence-corrected chi connectivity index (χ3v) is 4.63. The topological polar surface area (TPSA) is 32.3 Å². The number of thiophene rings is 1. The zero-order chi connectivity index (χ0) is 14.0. The maximum Gasteiger partial charge on any atom is 0.282 e. The van der Waals surface area contributed by atoms with E-state index in [1.165, 1.54) is 5.39 Å². The van der Waals surface area contributed by atoms with Crippen molar-refractivity contribution >= 4 is 21.4 Å². The molecular formula is C14H17F2NOS. The smallest absolute Gasteiger partial charge is 0.282 e. The van der Waals surface area contributed by atoms with Crippen LogP contribution in [0, 0.1) is 6.92 Å². The van der Waals surface area contributed by atoms with Crippen molar-refractivity contribution < 1.29 is 13.9 Å². The molecule has 104 valence electrons. The van der Waals surface area contributed by atoms with Crippen molar-refractivity contribution in [1.29, 1.82) is 0 Å². The first-order valence-electron chi connectivity index (χ1n) is 6.15. The Morgan fingerprint density at radius 2 is 2.05 bits per heavy atom. The van der Waals surface area contributed by atoms with Crippen molar-refractivity contribution in [2.75, 3.05) is 13.2 Å². The molecule has 2 N–H and O–H groups in total. The van der Waals surface area contributed by atoms with E-state index in [0.29, 0.717) is 0 Å². The van der Waals surface area contributed by atoms with Gasteiger partial charge in [0.2, 0.25) is 0 Å². The molecule has 2 nitrogen and oxygen atoms in total. The summed E-state index contributed by atoms with van der Waals surface area (Å²) < 4.78 is 27.2. The molecule has 1 aromatic heterocycles. The largest absolute Gasteiger partial charge is 0.390 e. The first kappa shape index (κ1) is 14.4. The predicted molar refractivity (Wildman–Crippen MR) is 75.0 cm³/mol. The van der Waals surface area contributed by atoms with Gasteiger partial charge in [-0.05, 0) is 30.9 Å². The van der Waals surface area contributed by atoms with E-state index in [9.17, 15) is 8.78 Å². The van der Waals surface area contributed by atoms with Gasteiger partial charge in [-0.25, -0.2) is 8.78 Å². The molecule has 0 aliphatic rings. The SMILES string of the molecule is Cc1c(C(C)NCC(F)(F)CO)sc2ccccc12. The Hall–Kier alpha value is -1.04. The van der Waals surface area contributed by atoms with Crippen molar-refractivity contribution in [2.24, 2.45) is 0 Å². The molecule has 0 aliphatic carbocycles. The Balaban J connectivity index is 2.17. The van der Waals surface area contributed by atoms with Crippen molar-refractivity contribution in [2.45, 2.75) is 25.8 Å². The van der Waals surface area contributed by atoms with Crippen LogP contribution >= 0.6 is 11.3 Å². The van der Waals surface area contributed by atoms with E-state index in [1.54, 1.807) is 11.3 Å². The summed E-state index contributed by atoms with van der Waals surface area (Å²) in [5.41, 5.74) is 1.13. The van der Waals surface area contributed by atoms with Gasteiger partial charge >= 0.3 is 0 Å². The lowest BCUT2D eigenvalue weighted by Gasteiger charge is -2.18. The van der Waals surface area contributed by atoms with Crippen LogP contribution in [0.4, 0.5) is 8.78 Å². The van der Waals surface area contributed by atoms with Crippen LogP contribution in [0.15, 0.2) is 24.3 Å². The zero-order valence-electron chi connectivity index (χ0n) is 10.9. The highest BCUT2D eigenvalue weighted by atomic mass is 32.1. The Morgan fingerprint density at radius 1 is 1.37 bits per heavy atom. The summed E-state index contributed by atoms with van der Waals surface area (Å²) in [5, 5.41) is 12.5. The molecule has 2 aromatic rings. The first-order valence-corrected chi connectivity index (χ1v) is 6.96. The molecule has 0 radical (unpaired) electrons. The van der Waals surface area contributed by atoms with E-state index in [-0.39, 0.29) is 6.04 Å². The number of aliphatic hydroxyl groups excluding tert-OH is 1. The van der Waals surface area contributed by atoms with Gasteiger partial charge in [0.25, 0.3) is 5.92 Å². The number of hydrogen-bond donors (Lipinski definition) is 2. The third kappa shape index (κ3) is 3.11. The summed E-state index contributed by atoms with van der Waals surface area (Å²) >= 11 is 1.62. The van der Waals surface area contributed by atoms with Gasteiger partial charge in [-0.1, -0.05) is 18.2 Å². The molecule has 19 heavy (non-hydrogen) atoms. The standard InChI is InChI=1S/C14H17F2NOS/c1-9-11-5-3-4-6-12(11)19-13(9)10(2)17-7-14(15,16)8-18/h3-6,10,17-18H,7-8H2,1-2H3. The Labute approximate surface area is 115 Å². The highest BCUT2D eigenvalue weighted by molar-refractivity contribution is 7.19. The van der Waals surface area contributed by atoms with Gasteiger partial charge in [0.1, 0.15) is 6.61 Å². The minimum absolute atomic E-state index is 0.158. The number of alkyl halides is 2. The second-order valence-corrected chi connectivity index (χ2v) is 5.79. The molecule has 0 aliphatic heterocycles. The fraction of sp³-hybridized carbons (Fsp3) is 0.429.